The highest BCUT2D eigenvalue weighted by Gasteiger charge is 2.32. The first kappa shape index (κ1) is 16.3. The SMILES string of the molecule is CNC1CCN(S(=O)(=O)c2c(C)cc(C)cc2OC)CC1. The number of ether oxygens (including phenoxy) is 1. The van der Waals surface area contributed by atoms with Gasteiger partial charge in [-0.1, -0.05) is 6.07 Å². The molecule has 1 heterocycles. The van der Waals surface area contributed by atoms with Crippen LogP contribution in [-0.4, -0.2) is 46.0 Å². The Morgan fingerprint density at radius 1 is 1.24 bits per heavy atom. The maximum absolute atomic E-state index is 12.9. The highest BCUT2D eigenvalue weighted by Crippen LogP contribution is 2.32. The fourth-order valence-electron chi connectivity index (χ4n) is 2.91. The molecule has 0 unspecified atom stereocenters. The predicted molar refractivity (Wildman–Crippen MR) is 83.3 cm³/mol. The van der Waals surface area contributed by atoms with Crippen LogP contribution in [0.15, 0.2) is 17.0 Å². The second kappa shape index (κ2) is 6.34. The van der Waals surface area contributed by atoms with Crippen molar-refractivity contribution in [2.75, 3.05) is 27.2 Å². The number of hydrogen-bond donors (Lipinski definition) is 1. The van der Waals surface area contributed by atoms with Crippen LogP contribution in [0.1, 0.15) is 24.0 Å². The first-order valence-corrected chi connectivity index (χ1v) is 8.66. The van der Waals surface area contributed by atoms with Crippen LogP contribution in [-0.2, 0) is 10.0 Å². The maximum Gasteiger partial charge on any atom is 0.247 e. The van der Waals surface area contributed by atoms with Gasteiger partial charge in [-0.2, -0.15) is 4.31 Å². The molecule has 1 aromatic carbocycles. The van der Waals surface area contributed by atoms with Crippen molar-refractivity contribution in [3.8, 4) is 5.75 Å². The predicted octanol–water partition coefficient (Wildman–Crippen LogP) is 1.68. The third kappa shape index (κ3) is 3.22. The molecule has 1 fully saturated rings. The standard InChI is InChI=1S/C15H24N2O3S/c1-11-9-12(2)15(14(10-11)20-4)21(18,19)17-7-5-13(16-3)6-8-17/h9-10,13,16H,5-8H2,1-4H3. The van der Waals surface area contributed by atoms with Crippen molar-refractivity contribution in [3.63, 3.8) is 0 Å². The lowest BCUT2D eigenvalue weighted by atomic mass is 10.1. The monoisotopic (exact) mass is 312 g/mol. The topological polar surface area (TPSA) is 58.6 Å². The van der Waals surface area contributed by atoms with Crippen LogP contribution in [0.4, 0.5) is 0 Å². The number of nitrogens with one attached hydrogen (secondary N) is 1. The van der Waals surface area contributed by atoms with E-state index in [1.807, 2.05) is 27.0 Å². The number of hydrogen-bond acceptors (Lipinski definition) is 4. The number of sulfonamides is 1. The van der Waals surface area contributed by atoms with E-state index in [2.05, 4.69) is 5.32 Å². The molecule has 5 nitrogen and oxygen atoms in total. The first-order chi connectivity index (χ1) is 9.90. The zero-order valence-electron chi connectivity index (χ0n) is 13.1. The average molecular weight is 312 g/mol. The Hall–Kier alpha value is -1.11. The van der Waals surface area contributed by atoms with Crippen molar-refractivity contribution < 1.29 is 13.2 Å². The van der Waals surface area contributed by atoms with Crippen molar-refractivity contribution in [1.29, 1.82) is 0 Å². The Labute approximate surface area is 127 Å². The van der Waals surface area contributed by atoms with Gasteiger partial charge in [0.05, 0.1) is 7.11 Å². The van der Waals surface area contributed by atoms with Crippen LogP contribution in [0.5, 0.6) is 5.75 Å². The van der Waals surface area contributed by atoms with Crippen LogP contribution < -0.4 is 10.1 Å². The minimum atomic E-state index is -3.50. The van der Waals surface area contributed by atoms with E-state index in [-0.39, 0.29) is 0 Å². The molecule has 0 spiro atoms. The zero-order valence-corrected chi connectivity index (χ0v) is 14.0. The lowest BCUT2D eigenvalue weighted by molar-refractivity contribution is 0.297. The molecule has 21 heavy (non-hydrogen) atoms. The lowest BCUT2D eigenvalue weighted by Gasteiger charge is -2.31. The number of nitrogens with zero attached hydrogens (tertiary/aromatic N) is 1. The smallest absolute Gasteiger partial charge is 0.247 e. The van der Waals surface area contributed by atoms with Gasteiger partial charge in [-0.05, 0) is 50.9 Å². The number of aryl methyl sites for hydroxylation is 2. The van der Waals surface area contributed by atoms with Gasteiger partial charge in [-0.15, -0.1) is 0 Å². The van der Waals surface area contributed by atoms with E-state index in [1.54, 1.807) is 10.4 Å². The second-order valence-corrected chi connectivity index (χ2v) is 7.46. The molecule has 1 aliphatic heterocycles. The third-order valence-electron chi connectivity index (χ3n) is 4.06. The number of methoxy groups -OCH3 is 1. The number of piperidine rings is 1. The van der Waals surface area contributed by atoms with E-state index < -0.39 is 10.0 Å². The van der Waals surface area contributed by atoms with E-state index in [4.69, 9.17) is 4.74 Å². The van der Waals surface area contributed by atoms with E-state index in [0.717, 1.165) is 24.0 Å². The molecular weight excluding hydrogens is 288 g/mol. The summed E-state index contributed by atoms with van der Waals surface area (Å²) < 4.78 is 32.7. The van der Waals surface area contributed by atoms with E-state index in [9.17, 15) is 8.42 Å². The molecule has 2 rings (SSSR count). The Morgan fingerprint density at radius 2 is 1.86 bits per heavy atom. The summed E-state index contributed by atoms with van der Waals surface area (Å²) in [4.78, 5) is 0.304. The first-order valence-electron chi connectivity index (χ1n) is 7.22. The fourth-order valence-corrected chi connectivity index (χ4v) is 4.72. The molecule has 1 N–H and O–H groups in total. The Balaban J connectivity index is 2.37. The van der Waals surface area contributed by atoms with Gasteiger partial charge in [-0.3, -0.25) is 0 Å². The average Bonchev–Trinajstić information content (AvgIpc) is 2.46. The summed E-state index contributed by atoms with van der Waals surface area (Å²) in [6.07, 6.45) is 1.67. The van der Waals surface area contributed by atoms with Crippen LogP contribution in [0.25, 0.3) is 0 Å². The Bertz CT molecular complexity index is 606. The molecular formula is C15H24N2O3S. The fraction of sp³-hybridized carbons (Fsp3) is 0.600. The van der Waals surface area contributed by atoms with Crippen molar-refractivity contribution in [1.82, 2.24) is 9.62 Å². The maximum atomic E-state index is 12.9. The molecule has 0 aliphatic carbocycles. The van der Waals surface area contributed by atoms with Crippen LogP contribution in [0.3, 0.4) is 0 Å². The van der Waals surface area contributed by atoms with E-state index in [0.29, 0.717) is 29.8 Å². The summed E-state index contributed by atoms with van der Waals surface area (Å²) in [7, 11) is -0.0703. The molecule has 118 valence electrons. The van der Waals surface area contributed by atoms with Crippen LogP contribution in [0.2, 0.25) is 0 Å². The minimum absolute atomic E-state index is 0.304. The summed E-state index contributed by atoms with van der Waals surface area (Å²) in [5.74, 6) is 0.434. The van der Waals surface area contributed by atoms with Crippen molar-refractivity contribution >= 4 is 10.0 Å². The lowest BCUT2D eigenvalue weighted by Crippen LogP contribution is -2.44. The van der Waals surface area contributed by atoms with Crippen LogP contribution >= 0.6 is 0 Å². The molecule has 0 saturated carbocycles. The van der Waals surface area contributed by atoms with Gasteiger partial charge in [0, 0.05) is 19.1 Å². The van der Waals surface area contributed by atoms with Gasteiger partial charge < -0.3 is 10.1 Å². The van der Waals surface area contributed by atoms with E-state index in [1.165, 1.54) is 7.11 Å². The Kier molecular flexibility index (Phi) is 4.91. The van der Waals surface area contributed by atoms with Gasteiger partial charge >= 0.3 is 0 Å². The van der Waals surface area contributed by atoms with Gasteiger partial charge in [0.1, 0.15) is 10.6 Å². The minimum Gasteiger partial charge on any atom is -0.495 e. The normalized spacial score (nSPS) is 17.9. The van der Waals surface area contributed by atoms with Gasteiger partial charge in [0.25, 0.3) is 0 Å². The molecule has 0 amide bonds. The second-order valence-electron chi connectivity index (χ2n) is 5.58. The highest BCUT2D eigenvalue weighted by atomic mass is 32.2. The summed E-state index contributed by atoms with van der Waals surface area (Å²) in [6, 6.07) is 4.06. The number of rotatable bonds is 4. The molecule has 6 heteroatoms. The summed E-state index contributed by atoms with van der Waals surface area (Å²) >= 11 is 0. The number of benzene rings is 1. The summed E-state index contributed by atoms with van der Waals surface area (Å²) in [5.41, 5.74) is 1.74. The highest BCUT2D eigenvalue weighted by molar-refractivity contribution is 7.89. The van der Waals surface area contributed by atoms with Gasteiger partial charge in [0.2, 0.25) is 10.0 Å². The molecule has 1 saturated heterocycles. The van der Waals surface area contributed by atoms with Gasteiger partial charge in [-0.25, -0.2) is 8.42 Å². The molecule has 0 radical (unpaired) electrons. The van der Waals surface area contributed by atoms with Crippen molar-refractivity contribution in [2.45, 2.75) is 37.6 Å². The molecule has 1 aliphatic rings. The Morgan fingerprint density at radius 3 is 2.38 bits per heavy atom. The largest absolute Gasteiger partial charge is 0.495 e. The van der Waals surface area contributed by atoms with Crippen molar-refractivity contribution in [2.24, 2.45) is 0 Å². The molecule has 0 bridgehead atoms. The summed E-state index contributed by atoms with van der Waals surface area (Å²) in [5, 5.41) is 3.21. The van der Waals surface area contributed by atoms with Crippen LogP contribution in [0, 0.1) is 13.8 Å². The molecule has 1 aromatic rings. The third-order valence-corrected chi connectivity index (χ3v) is 6.15. The molecule has 0 aromatic heterocycles. The van der Waals surface area contributed by atoms with E-state index >= 15 is 0 Å². The quantitative estimate of drug-likeness (QED) is 0.919. The van der Waals surface area contributed by atoms with Gasteiger partial charge in [0.15, 0.2) is 0 Å². The molecule has 0 atom stereocenters. The zero-order chi connectivity index (χ0) is 15.6. The summed E-state index contributed by atoms with van der Waals surface area (Å²) in [6.45, 7) is 4.85. The van der Waals surface area contributed by atoms with Crippen molar-refractivity contribution in [3.05, 3.63) is 23.3 Å².